The molecular weight excluding hydrogens is 332 g/mol. The fraction of sp³-hybridized carbons (Fsp3) is 0.261. The van der Waals surface area contributed by atoms with Crippen molar-refractivity contribution in [3.8, 4) is 11.3 Å². The number of hydrazone groups is 1. The number of benzene rings is 2. The topological polar surface area (TPSA) is 50.2 Å². The summed E-state index contributed by atoms with van der Waals surface area (Å²) in [5.41, 5.74) is 9.24. The Balaban J connectivity index is 1.74. The fourth-order valence-electron chi connectivity index (χ4n) is 2.87. The molecule has 0 saturated heterocycles. The smallest absolute Gasteiger partial charge is 0.244 e. The average Bonchev–Trinajstić information content (AvgIpc) is 2.71. The normalized spacial score (nSPS) is 11.4. The summed E-state index contributed by atoms with van der Waals surface area (Å²) in [5, 5.41) is 4.47. The molecule has 0 aliphatic heterocycles. The van der Waals surface area contributed by atoms with Gasteiger partial charge in [0.25, 0.3) is 0 Å². The van der Waals surface area contributed by atoms with Gasteiger partial charge in [0.2, 0.25) is 5.95 Å². The van der Waals surface area contributed by atoms with Crippen LogP contribution in [0.15, 0.2) is 65.8 Å². The first-order valence-electron chi connectivity index (χ1n) is 9.46. The molecule has 4 heteroatoms. The van der Waals surface area contributed by atoms with Gasteiger partial charge in [-0.1, -0.05) is 67.9 Å². The molecule has 0 amide bonds. The van der Waals surface area contributed by atoms with E-state index in [1.54, 1.807) is 0 Å². The molecular formula is C23H26N4. The lowest BCUT2D eigenvalue weighted by atomic mass is 10.0. The summed E-state index contributed by atoms with van der Waals surface area (Å²) in [6.07, 6.45) is 3.57. The number of anilines is 1. The SMILES string of the molecule is CCCCc1ccc(/C(C)=N/Nc2nc(C)cc(-c3ccccc3)n2)cc1. The van der Waals surface area contributed by atoms with Crippen molar-refractivity contribution >= 4 is 11.7 Å². The molecule has 0 aliphatic carbocycles. The van der Waals surface area contributed by atoms with E-state index in [4.69, 9.17) is 0 Å². The minimum atomic E-state index is 0.507. The van der Waals surface area contributed by atoms with E-state index in [1.165, 1.54) is 18.4 Å². The Hall–Kier alpha value is -3.01. The Labute approximate surface area is 161 Å². The second-order valence-electron chi connectivity index (χ2n) is 6.69. The molecule has 3 aromatic rings. The summed E-state index contributed by atoms with van der Waals surface area (Å²) in [6, 6.07) is 20.7. The van der Waals surface area contributed by atoms with E-state index in [2.05, 4.69) is 51.7 Å². The highest BCUT2D eigenvalue weighted by Gasteiger charge is 2.05. The molecule has 1 N–H and O–H groups in total. The van der Waals surface area contributed by atoms with Crippen LogP contribution in [-0.4, -0.2) is 15.7 Å². The Morgan fingerprint density at radius 2 is 1.74 bits per heavy atom. The predicted molar refractivity (Wildman–Crippen MR) is 113 cm³/mol. The Kier molecular flexibility index (Phi) is 6.31. The molecule has 0 aliphatic rings. The van der Waals surface area contributed by atoms with Crippen molar-refractivity contribution in [1.29, 1.82) is 0 Å². The lowest BCUT2D eigenvalue weighted by Crippen LogP contribution is -2.04. The summed E-state index contributed by atoms with van der Waals surface area (Å²) in [7, 11) is 0. The van der Waals surface area contributed by atoms with Crippen molar-refractivity contribution in [3.63, 3.8) is 0 Å². The van der Waals surface area contributed by atoms with Crippen molar-refractivity contribution < 1.29 is 0 Å². The first-order chi connectivity index (χ1) is 13.2. The Morgan fingerprint density at radius 3 is 2.44 bits per heavy atom. The molecule has 138 valence electrons. The summed E-state index contributed by atoms with van der Waals surface area (Å²) >= 11 is 0. The van der Waals surface area contributed by atoms with Crippen molar-refractivity contribution in [3.05, 3.63) is 77.5 Å². The van der Waals surface area contributed by atoms with Gasteiger partial charge in [-0.05, 0) is 43.9 Å². The number of hydrogen-bond donors (Lipinski definition) is 1. The van der Waals surface area contributed by atoms with Gasteiger partial charge in [-0.2, -0.15) is 5.10 Å². The molecule has 0 fully saturated rings. The number of unbranched alkanes of at least 4 members (excludes halogenated alkanes) is 1. The van der Waals surface area contributed by atoms with Crippen LogP contribution >= 0.6 is 0 Å². The summed E-state index contributed by atoms with van der Waals surface area (Å²) < 4.78 is 0. The number of aryl methyl sites for hydroxylation is 2. The Morgan fingerprint density at radius 1 is 1.00 bits per heavy atom. The van der Waals surface area contributed by atoms with Crippen LogP contribution in [0, 0.1) is 6.92 Å². The van der Waals surface area contributed by atoms with Gasteiger partial charge in [-0.3, -0.25) is 0 Å². The maximum Gasteiger partial charge on any atom is 0.244 e. The van der Waals surface area contributed by atoms with Gasteiger partial charge in [0.1, 0.15) is 0 Å². The van der Waals surface area contributed by atoms with Crippen LogP contribution < -0.4 is 5.43 Å². The first kappa shape index (κ1) is 18.8. The summed E-state index contributed by atoms with van der Waals surface area (Å²) in [5.74, 6) is 0.507. The maximum atomic E-state index is 4.59. The quantitative estimate of drug-likeness (QED) is 0.440. The van der Waals surface area contributed by atoms with Crippen molar-refractivity contribution in [2.45, 2.75) is 40.0 Å². The van der Waals surface area contributed by atoms with Crippen molar-refractivity contribution in [2.75, 3.05) is 5.43 Å². The van der Waals surface area contributed by atoms with Crippen LogP contribution in [0.5, 0.6) is 0 Å². The van der Waals surface area contributed by atoms with Gasteiger partial charge < -0.3 is 0 Å². The minimum Gasteiger partial charge on any atom is -0.245 e. The first-order valence-corrected chi connectivity index (χ1v) is 9.46. The average molecular weight is 358 g/mol. The van der Waals surface area contributed by atoms with Crippen molar-refractivity contribution in [2.24, 2.45) is 5.10 Å². The van der Waals surface area contributed by atoms with E-state index in [-0.39, 0.29) is 0 Å². The monoisotopic (exact) mass is 358 g/mol. The largest absolute Gasteiger partial charge is 0.245 e. The zero-order valence-electron chi connectivity index (χ0n) is 16.2. The molecule has 0 radical (unpaired) electrons. The van der Waals surface area contributed by atoms with Gasteiger partial charge >= 0.3 is 0 Å². The molecule has 0 unspecified atom stereocenters. The van der Waals surface area contributed by atoms with E-state index in [9.17, 15) is 0 Å². The van der Waals surface area contributed by atoms with Gasteiger partial charge in [0.15, 0.2) is 0 Å². The van der Waals surface area contributed by atoms with Crippen LogP contribution in [0.25, 0.3) is 11.3 Å². The Bertz CT molecular complexity index is 899. The molecule has 3 rings (SSSR count). The highest BCUT2D eigenvalue weighted by molar-refractivity contribution is 5.99. The fourth-order valence-corrected chi connectivity index (χ4v) is 2.87. The molecule has 27 heavy (non-hydrogen) atoms. The third-order valence-corrected chi connectivity index (χ3v) is 4.44. The third-order valence-electron chi connectivity index (χ3n) is 4.44. The zero-order valence-corrected chi connectivity index (χ0v) is 16.2. The van der Waals surface area contributed by atoms with Crippen LogP contribution in [0.1, 0.15) is 43.5 Å². The zero-order chi connectivity index (χ0) is 19.1. The van der Waals surface area contributed by atoms with E-state index in [1.807, 2.05) is 50.2 Å². The summed E-state index contributed by atoms with van der Waals surface area (Å²) in [6.45, 7) is 6.17. The number of nitrogens with zero attached hydrogens (tertiary/aromatic N) is 3. The van der Waals surface area contributed by atoms with Gasteiger partial charge in [0, 0.05) is 11.3 Å². The van der Waals surface area contributed by atoms with Crippen LogP contribution in [0.2, 0.25) is 0 Å². The lowest BCUT2D eigenvalue weighted by Gasteiger charge is -2.07. The third kappa shape index (κ3) is 5.23. The molecule has 1 heterocycles. The highest BCUT2D eigenvalue weighted by Crippen LogP contribution is 2.18. The van der Waals surface area contributed by atoms with Crippen LogP contribution in [0.4, 0.5) is 5.95 Å². The summed E-state index contributed by atoms with van der Waals surface area (Å²) in [4.78, 5) is 9.03. The van der Waals surface area contributed by atoms with E-state index in [0.29, 0.717) is 5.95 Å². The standard InChI is InChI=1S/C23H26N4/c1-4-5-9-19-12-14-20(15-13-19)18(3)26-27-23-24-17(2)16-22(25-23)21-10-7-6-8-11-21/h6-8,10-16H,4-5,9H2,1-3H3,(H,24,25,27)/b26-18+. The van der Waals surface area contributed by atoms with Crippen molar-refractivity contribution in [1.82, 2.24) is 9.97 Å². The van der Waals surface area contributed by atoms with E-state index in [0.717, 1.165) is 34.6 Å². The van der Waals surface area contributed by atoms with Crippen LogP contribution in [0.3, 0.4) is 0 Å². The molecule has 0 saturated carbocycles. The number of hydrogen-bond acceptors (Lipinski definition) is 4. The van der Waals surface area contributed by atoms with Gasteiger partial charge in [-0.15, -0.1) is 0 Å². The molecule has 1 aromatic heterocycles. The molecule has 4 nitrogen and oxygen atoms in total. The molecule has 2 aromatic carbocycles. The number of rotatable bonds is 7. The number of nitrogens with one attached hydrogen (secondary N) is 1. The second kappa shape index (κ2) is 9.08. The molecule has 0 bridgehead atoms. The van der Waals surface area contributed by atoms with E-state index < -0.39 is 0 Å². The van der Waals surface area contributed by atoms with Crippen LogP contribution in [-0.2, 0) is 6.42 Å². The number of aromatic nitrogens is 2. The maximum absolute atomic E-state index is 4.59. The minimum absolute atomic E-state index is 0.507. The predicted octanol–water partition coefficient (Wildman–Crippen LogP) is 5.63. The molecule has 0 spiro atoms. The lowest BCUT2D eigenvalue weighted by molar-refractivity contribution is 0.795. The van der Waals surface area contributed by atoms with Gasteiger partial charge in [0.05, 0.1) is 11.4 Å². The second-order valence-corrected chi connectivity index (χ2v) is 6.69. The highest BCUT2D eigenvalue weighted by atomic mass is 15.4. The van der Waals surface area contributed by atoms with Gasteiger partial charge in [-0.25, -0.2) is 15.4 Å². The molecule has 0 atom stereocenters. The van der Waals surface area contributed by atoms with E-state index >= 15 is 0 Å².